The van der Waals surface area contributed by atoms with Gasteiger partial charge in [-0.1, -0.05) is 6.07 Å². The number of rotatable bonds is 6. The first-order valence-electron chi connectivity index (χ1n) is 6.19. The van der Waals surface area contributed by atoms with Crippen molar-refractivity contribution in [1.29, 1.82) is 0 Å². The van der Waals surface area contributed by atoms with E-state index in [-0.39, 0.29) is 17.5 Å². The lowest BCUT2D eigenvalue weighted by molar-refractivity contribution is -0.385. The van der Waals surface area contributed by atoms with Crippen molar-refractivity contribution in [3.8, 4) is 5.75 Å². The highest BCUT2D eigenvalue weighted by Crippen LogP contribution is 2.36. The van der Waals surface area contributed by atoms with Gasteiger partial charge in [0.1, 0.15) is 5.69 Å². The molecular formula is C13H21N3O3. The van der Waals surface area contributed by atoms with E-state index in [2.05, 4.69) is 5.32 Å². The summed E-state index contributed by atoms with van der Waals surface area (Å²) in [6.07, 6.45) is -0.128. The molecular weight excluding hydrogens is 246 g/mol. The Morgan fingerprint density at radius 1 is 1.47 bits per heavy atom. The number of para-hydroxylation sites is 1. The zero-order chi connectivity index (χ0) is 14.6. The Kier molecular flexibility index (Phi) is 4.72. The highest BCUT2D eigenvalue weighted by atomic mass is 16.6. The van der Waals surface area contributed by atoms with Gasteiger partial charge < -0.3 is 15.8 Å². The van der Waals surface area contributed by atoms with Crippen molar-refractivity contribution in [2.75, 3.05) is 11.9 Å². The standard InChI is InChI=1S/C13H21N3O3/c1-9(2)19-11-7-5-6-10(12(11)16(17)18)15-13(3,4)8-14/h5-7,9,15H,8,14H2,1-4H3. The van der Waals surface area contributed by atoms with Crippen LogP contribution in [0, 0.1) is 10.1 Å². The molecule has 0 radical (unpaired) electrons. The number of hydrogen-bond donors (Lipinski definition) is 2. The molecule has 1 aromatic carbocycles. The largest absolute Gasteiger partial charge is 0.484 e. The van der Waals surface area contributed by atoms with Gasteiger partial charge in [0.15, 0.2) is 5.75 Å². The van der Waals surface area contributed by atoms with Crippen LogP contribution in [0.1, 0.15) is 27.7 Å². The summed E-state index contributed by atoms with van der Waals surface area (Å²) < 4.78 is 5.48. The first kappa shape index (κ1) is 15.2. The molecule has 0 aliphatic carbocycles. The summed E-state index contributed by atoms with van der Waals surface area (Å²) in [5, 5.41) is 14.3. The minimum Gasteiger partial charge on any atom is -0.484 e. The van der Waals surface area contributed by atoms with E-state index in [0.717, 1.165) is 0 Å². The van der Waals surface area contributed by atoms with Crippen LogP contribution in [0.4, 0.5) is 11.4 Å². The second-order valence-electron chi connectivity index (χ2n) is 5.29. The van der Waals surface area contributed by atoms with Crippen molar-refractivity contribution < 1.29 is 9.66 Å². The molecule has 106 valence electrons. The smallest absolute Gasteiger partial charge is 0.333 e. The zero-order valence-corrected chi connectivity index (χ0v) is 11.8. The molecule has 19 heavy (non-hydrogen) atoms. The van der Waals surface area contributed by atoms with E-state index in [9.17, 15) is 10.1 Å². The summed E-state index contributed by atoms with van der Waals surface area (Å²) in [7, 11) is 0. The number of nitrogens with zero attached hydrogens (tertiary/aromatic N) is 1. The van der Waals surface area contributed by atoms with Gasteiger partial charge in [-0.25, -0.2) is 0 Å². The molecule has 0 aliphatic heterocycles. The molecule has 0 unspecified atom stereocenters. The van der Waals surface area contributed by atoms with Crippen LogP contribution < -0.4 is 15.8 Å². The van der Waals surface area contributed by atoms with Gasteiger partial charge in [-0.15, -0.1) is 0 Å². The maximum atomic E-state index is 11.3. The quantitative estimate of drug-likeness (QED) is 0.610. The summed E-state index contributed by atoms with van der Waals surface area (Å²) in [5.74, 6) is 0.262. The zero-order valence-electron chi connectivity index (χ0n) is 11.8. The van der Waals surface area contributed by atoms with Gasteiger partial charge in [-0.3, -0.25) is 10.1 Å². The van der Waals surface area contributed by atoms with Crippen LogP contribution in [0.2, 0.25) is 0 Å². The van der Waals surface area contributed by atoms with Crippen LogP contribution in [0.15, 0.2) is 18.2 Å². The van der Waals surface area contributed by atoms with Crippen LogP contribution in [-0.2, 0) is 0 Å². The monoisotopic (exact) mass is 267 g/mol. The number of nitro benzene ring substituents is 1. The predicted octanol–water partition coefficient (Wildman–Crippen LogP) is 2.53. The number of benzene rings is 1. The van der Waals surface area contributed by atoms with E-state index in [1.54, 1.807) is 18.2 Å². The molecule has 0 bridgehead atoms. The number of anilines is 1. The average molecular weight is 267 g/mol. The molecule has 0 aliphatic rings. The molecule has 0 amide bonds. The molecule has 0 heterocycles. The van der Waals surface area contributed by atoms with E-state index in [1.807, 2.05) is 27.7 Å². The highest BCUT2D eigenvalue weighted by molar-refractivity contribution is 5.69. The van der Waals surface area contributed by atoms with Gasteiger partial charge in [0.25, 0.3) is 0 Å². The van der Waals surface area contributed by atoms with E-state index >= 15 is 0 Å². The topological polar surface area (TPSA) is 90.4 Å². The number of nitro groups is 1. The molecule has 0 atom stereocenters. The van der Waals surface area contributed by atoms with Gasteiger partial charge in [-0.05, 0) is 39.8 Å². The fraction of sp³-hybridized carbons (Fsp3) is 0.538. The Hall–Kier alpha value is -1.82. The van der Waals surface area contributed by atoms with Gasteiger partial charge in [0, 0.05) is 12.1 Å². The third kappa shape index (κ3) is 4.10. The van der Waals surface area contributed by atoms with Gasteiger partial charge in [-0.2, -0.15) is 0 Å². The summed E-state index contributed by atoms with van der Waals surface area (Å²) in [4.78, 5) is 10.8. The van der Waals surface area contributed by atoms with Crippen LogP contribution in [0.3, 0.4) is 0 Å². The molecule has 1 rings (SSSR count). The lowest BCUT2D eigenvalue weighted by Crippen LogP contribution is -2.39. The van der Waals surface area contributed by atoms with Gasteiger partial charge in [0.2, 0.25) is 0 Å². The van der Waals surface area contributed by atoms with Crippen molar-refractivity contribution in [1.82, 2.24) is 0 Å². The number of nitrogens with one attached hydrogen (secondary N) is 1. The Morgan fingerprint density at radius 2 is 2.11 bits per heavy atom. The Labute approximate surface area is 113 Å². The fourth-order valence-corrected chi connectivity index (χ4v) is 1.58. The van der Waals surface area contributed by atoms with Crippen LogP contribution >= 0.6 is 0 Å². The van der Waals surface area contributed by atoms with E-state index in [4.69, 9.17) is 10.5 Å². The van der Waals surface area contributed by atoms with Crippen molar-refractivity contribution in [3.05, 3.63) is 28.3 Å². The Balaban J connectivity index is 3.20. The average Bonchev–Trinajstić information content (AvgIpc) is 2.27. The first-order valence-corrected chi connectivity index (χ1v) is 6.19. The summed E-state index contributed by atoms with van der Waals surface area (Å²) >= 11 is 0. The molecule has 6 heteroatoms. The summed E-state index contributed by atoms with van der Waals surface area (Å²) in [6.45, 7) is 7.78. The molecule has 1 aromatic rings. The minimum atomic E-state index is -0.438. The van der Waals surface area contributed by atoms with Crippen molar-refractivity contribution in [2.24, 2.45) is 5.73 Å². The third-order valence-electron chi connectivity index (χ3n) is 2.53. The van der Waals surface area contributed by atoms with Crippen molar-refractivity contribution in [2.45, 2.75) is 39.3 Å². The van der Waals surface area contributed by atoms with Crippen LogP contribution in [0.5, 0.6) is 5.75 Å². The van der Waals surface area contributed by atoms with Crippen molar-refractivity contribution in [3.63, 3.8) is 0 Å². The fourth-order valence-electron chi connectivity index (χ4n) is 1.58. The molecule has 0 spiro atoms. The number of hydrogen-bond acceptors (Lipinski definition) is 5. The number of nitrogens with two attached hydrogens (primary N) is 1. The summed E-state index contributed by atoms with van der Waals surface area (Å²) in [6, 6.07) is 4.97. The Morgan fingerprint density at radius 3 is 2.58 bits per heavy atom. The van der Waals surface area contributed by atoms with Crippen LogP contribution in [0.25, 0.3) is 0 Å². The normalized spacial score (nSPS) is 11.5. The maximum absolute atomic E-state index is 11.3. The maximum Gasteiger partial charge on any atom is 0.333 e. The predicted molar refractivity (Wildman–Crippen MR) is 75.6 cm³/mol. The SMILES string of the molecule is CC(C)Oc1cccc(NC(C)(C)CN)c1[N+](=O)[O-]. The Bertz CT molecular complexity index is 458. The first-order chi connectivity index (χ1) is 8.76. The number of ether oxygens (including phenoxy) is 1. The minimum absolute atomic E-state index is 0.0577. The molecule has 3 N–H and O–H groups in total. The molecule has 0 saturated heterocycles. The lowest BCUT2D eigenvalue weighted by atomic mass is 10.1. The molecule has 0 aromatic heterocycles. The summed E-state index contributed by atoms with van der Waals surface area (Å²) in [5.41, 5.74) is 5.56. The molecule has 6 nitrogen and oxygen atoms in total. The third-order valence-corrected chi connectivity index (χ3v) is 2.53. The van der Waals surface area contributed by atoms with Crippen molar-refractivity contribution >= 4 is 11.4 Å². The second-order valence-corrected chi connectivity index (χ2v) is 5.29. The van der Waals surface area contributed by atoms with Gasteiger partial charge in [0.05, 0.1) is 11.0 Å². The molecule has 0 fully saturated rings. The van der Waals surface area contributed by atoms with E-state index in [0.29, 0.717) is 12.2 Å². The molecule has 0 saturated carbocycles. The highest BCUT2D eigenvalue weighted by Gasteiger charge is 2.25. The van der Waals surface area contributed by atoms with Crippen LogP contribution in [-0.4, -0.2) is 23.1 Å². The lowest BCUT2D eigenvalue weighted by Gasteiger charge is -2.25. The van der Waals surface area contributed by atoms with Gasteiger partial charge >= 0.3 is 5.69 Å². The van der Waals surface area contributed by atoms with E-state index < -0.39 is 10.5 Å². The second kappa shape index (κ2) is 5.88. The van der Waals surface area contributed by atoms with E-state index in [1.165, 1.54) is 0 Å².